The predicted molar refractivity (Wildman–Crippen MR) is 66.9 cm³/mol. The molecule has 94 valence electrons. The van der Waals surface area contributed by atoms with E-state index in [4.69, 9.17) is 17.3 Å². The molecule has 0 saturated carbocycles. The number of fused-ring (bicyclic) bond motifs is 3. The summed E-state index contributed by atoms with van der Waals surface area (Å²) in [5.74, 6) is -0.236. The van der Waals surface area contributed by atoms with Crippen molar-refractivity contribution in [2.75, 3.05) is 6.54 Å². The molecule has 4 nitrogen and oxygen atoms in total. The quantitative estimate of drug-likeness (QED) is 0.874. The summed E-state index contributed by atoms with van der Waals surface area (Å²) in [6.07, 6.45) is 1.28. The Morgan fingerprint density at radius 1 is 1.44 bits per heavy atom. The second-order valence-electron chi connectivity index (χ2n) is 4.91. The van der Waals surface area contributed by atoms with Gasteiger partial charge in [0.25, 0.3) is 0 Å². The zero-order chi connectivity index (χ0) is 12.9. The van der Waals surface area contributed by atoms with Gasteiger partial charge in [0.05, 0.1) is 12.6 Å². The highest BCUT2D eigenvalue weighted by atomic mass is 35.5. The molecule has 2 amide bonds. The standard InChI is InChI=1S/C13H13ClN2O2/c14-10-3-1-2-8-9(10)4-7-5-12(18)16(13(7)8)6-11(15)17/h1-3,7,13H,4-6H2,(H2,15,17). The van der Waals surface area contributed by atoms with E-state index in [1.54, 1.807) is 4.90 Å². The summed E-state index contributed by atoms with van der Waals surface area (Å²) >= 11 is 6.18. The van der Waals surface area contributed by atoms with E-state index >= 15 is 0 Å². The second-order valence-corrected chi connectivity index (χ2v) is 5.32. The SMILES string of the molecule is NC(=O)CN1C(=O)CC2Cc3c(Cl)cccc3C21. The van der Waals surface area contributed by atoms with E-state index in [2.05, 4.69) is 0 Å². The van der Waals surface area contributed by atoms with Gasteiger partial charge in [-0.1, -0.05) is 23.7 Å². The lowest BCUT2D eigenvalue weighted by molar-refractivity contribution is -0.133. The highest BCUT2D eigenvalue weighted by Crippen LogP contribution is 2.48. The van der Waals surface area contributed by atoms with Crippen LogP contribution >= 0.6 is 11.6 Å². The van der Waals surface area contributed by atoms with E-state index in [1.165, 1.54) is 0 Å². The first-order valence-electron chi connectivity index (χ1n) is 5.93. The summed E-state index contributed by atoms with van der Waals surface area (Å²) in [6.45, 7) is -0.00798. The number of hydrogen-bond acceptors (Lipinski definition) is 2. The van der Waals surface area contributed by atoms with Gasteiger partial charge in [0, 0.05) is 11.4 Å². The molecule has 2 N–H and O–H groups in total. The van der Waals surface area contributed by atoms with Gasteiger partial charge < -0.3 is 10.6 Å². The third-order valence-corrected chi connectivity index (χ3v) is 4.16. The van der Waals surface area contributed by atoms with E-state index in [0.29, 0.717) is 6.42 Å². The number of amides is 2. The lowest BCUT2D eigenvalue weighted by Gasteiger charge is -2.23. The fourth-order valence-electron chi connectivity index (χ4n) is 3.15. The van der Waals surface area contributed by atoms with Crippen LogP contribution in [0.1, 0.15) is 23.6 Å². The average molecular weight is 265 g/mol. The average Bonchev–Trinajstić information content (AvgIpc) is 2.78. The number of carbonyl (C=O) groups is 2. The fourth-order valence-corrected chi connectivity index (χ4v) is 3.41. The number of likely N-dealkylation sites (tertiary alicyclic amines) is 1. The van der Waals surface area contributed by atoms with Gasteiger partial charge in [0.1, 0.15) is 0 Å². The van der Waals surface area contributed by atoms with Crippen LogP contribution in [0.4, 0.5) is 0 Å². The van der Waals surface area contributed by atoms with Crippen LogP contribution in [-0.2, 0) is 16.0 Å². The number of nitrogens with zero attached hydrogens (tertiary/aromatic N) is 1. The molecule has 2 unspecified atom stereocenters. The van der Waals surface area contributed by atoms with Crippen molar-refractivity contribution in [3.63, 3.8) is 0 Å². The molecule has 0 bridgehead atoms. The summed E-state index contributed by atoms with van der Waals surface area (Å²) in [7, 11) is 0. The van der Waals surface area contributed by atoms with Crippen molar-refractivity contribution in [2.45, 2.75) is 18.9 Å². The molecule has 0 radical (unpaired) electrons. The van der Waals surface area contributed by atoms with Gasteiger partial charge in [-0.15, -0.1) is 0 Å². The molecule has 0 spiro atoms. The fraction of sp³-hybridized carbons (Fsp3) is 0.385. The van der Waals surface area contributed by atoms with E-state index in [9.17, 15) is 9.59 Å². The Morgan fingerprint density at radius 2 is 2.22 bits per heavy atom. The number of halogens is 1. The number of nitrogens with two attached hydrogens (primary N) is 1. The Labute approximate surface area is 110 Å². The molecule has 1 saturated heterocycles. The zero-order valence-electron chi connectivity index (χ0n) is 9.73. The van der Waals surface area contributed by atoms with Crippen molar-refractivity contribution in [3.05, 3.63) is 34.3 Å². The highest BCUT2D eigenvalue weighted by molar-refractivity contribution is 6.31. The molecule has 3 rings (SSSR count). The molecule has 1 aromatic rings. The van der Waals surface area contributed by atoms with Crippen molar-refractivity contribution in [1.29, 1.82) is 0 Å². The molecule has 5 heteroatoms. The summed E-state index contributed by atoms with van der Waals surface area (Å²) < 4.78 is 0. The summed E-state index contributed by atoms with van der Waals surface area (Å²) in [4.78, 5) is 24.6. The van der Waals surface area contributed by atoms with Crippen LogP contribution < -0.4 is 5.73 Å². The molecular formula is C13H13ClN2O2. The van der Waals surface area contributed by atoms with Crippen molar-refractivity contribution in [1.82, 2.24) is 4.90 Å². The summed E-state index contributed by atoms with van der Waals surface area (Å²) in [6, 6.07) is 5.70. The molecule has 1 heterocycles. The van der Waals surface area contributed by atoms with E-state index in [1.807, 2.05) is 18.2 Å². The Bertz CT molecular complexity index is 544. The van der Waals surface area contributed by atoms with E-state index in [0.717, 1.165) is 22.6 Å². The highest BCUT2D eigenvalue weighted by Gasteiger charge is 2.46. The maximum absolute atomic E-state index is 11.9. The van der Waals surface area contributed by atoms with E-state index in [-0.39, 0.29) is 24.4 Å². The maximum Gasteiger partial charge on any atom is 0.237 e. The van der Waals surface area contributed by atoms with Crippen LogP contribution in [0.5, 0.6) is 0 Å². The van der Waals surface area contributed by atoms with E-state index < -0.39 is 5.91 Å². The number of rotatable bonds is 2. The van der Waals surface area contributed by atoms with Crippen molar-refractivity contribution < 1.29 is 9.59 Å². The van der Waals surface area contributed by atoms with Crippen LogP contribution in [-0.4, -0.2) is 23.3 Å². The molecular weight excluding hydrogens is 252 g/mol. The van der Waals surface area contributed by atoms with Crippen LogP contribution in [0.2, 0.25) is 5.02 Å². The van der Waals surface area contributed by atoms with Gasteiger partial charge in [0.2, 0.25) is 11.8 Å². The molecule has 1 aromatic carbocycles. The minimum absolute atomic E-state index is 0.00798. The van der Waals surface area contributed by atoms with Gasteiger partial charge in [-0.2, -0.15) is 0 Å². The molecule has 0 aromatic heterocycles. The van der Waals surface area contributed by atoms with Gasteiger partial charge in [-0.05, 0) is 29.5 Å². The second kappa shape index (κ2) is 3.99. The number of carbonyl (C=O) groups excluding carboxylic acids is 2. The zero-order valence-corrected chi connectivity index (χ0v) is 10.5. The van der Waals surface area contributed by atoms with Crippen LogP contribution in [0.25, 0.3) is 0 Å². The topological polar surface area (TPSA) is 63.4 Å². The molecule has 1 fully saturated rings. The monoisotopic (exact) mass is 264 g/mol. The van der Waals surface area contributed by atoms with Crippen molar-refractivity contribution in [2.24, 2.45) is 11.7 Å². The maximum atomic E-state index is 11.9. The van der Waals surface area contributed by atoms with Gasteiger partial charge in [-0.25, -0.2) is 0 Å². The Balaban J connectivity index is 2.01. The third-order valence-electron chi connectivity index (χ3n) is 3.81. The minimum Gasteiger partial charge on any atom is -0.368 e. The molecule has 2 atom stereocenters. The first kappa shape index (κ1) is 11.5. The van der Waals surface area contributed by atoms with Crippen molar-refractivity contribution >= 4 is 23.4 Å². The van der Waals surface area contributed by atoms with Crippen LogP contribution in [0.15, 0.2) is 18.2 Å². The molecule has 1 aliphatic carbocycles. The Kier molecular flexibility index (Phi) is 2.55. The number of benzene rings is 1. The third kappa shape index (κ3) is 1.60. The van der Waals surface area contributed by atoms with Crippen molar-refractivity contribution in [3.8, 4) is 0 Å². The van der Waals surface area contributed by atoms with Crippen LogP contribution in [0.3, 0.4) is 0 Å². The Morgan fingerprint density at radius 3 is 2.94 bits per heavy atom. The lowest BCUT2D eigenvalue weighted by Crippen LogP contribution is -2.36. The lowest BCUT2D eigenvalue weighted by atomic mass is 10.0. The summed E-state index contributed by atoms with van der Waals surface area (Å²) in [5, 5.41) is 0.744. The Hall–Kier alpha value is -1.55. The first-order chi connectivity index (χ1) is 8.58. The molecule has 1 aliphatic heterocycles. The normalized spacial score (nSPS) is 25.2. The predicted octanol–water partition coefficient (Wildman–Crippen LogP) is 1.27. The summed E-state index contributed by atoms with van der Waals surface area (Å²) in [5.41, 5.74) is 7.38. The first-order valence-corrected chi connectivity index (χ1v) is 6.31. The smallest absolute Gasteiger partial charge is 0.237 e. The largest absolute Gasteiger partial charge is 0.368 e. The number of primary amides is 1. The van der Waals surface area contributed by atoms with Gasteiger partial charge >= 0.3 is 0 Å². The molecule has 18 heavy (non-hydrogen) atoms. The minimum atomic E-state index is -0.473. The van der Waals surface area contributed by atoms with Crippen LogP contribution in [0, 0.1) is 5.92 Å². The number of hydrogen-bond donors (Lipinski definition) is 1. The van der Waals surface area contributed by atoms with Gasteiger partial charge in [0.15, 0.2) is 0 Å². The molecule has 2 aliphatic rings. The van der Waals surface area contributed by atoms with Gasteiger partial charge in [-0.3, -0.25) is 9.59 Å².